The topological polar surface area (TPSA) is 82.2 Å². The van der Waals surface area contributed by atoms with E-state index in [1.807, 2.05) is 17.0 Å². The van der Waals surface area contributed by atoms with Gasteiger partial charge in [0.25, 0.3) is 0 Å². The Morgan fingerprint density at radius 3 is 2.76 bits per heavy atom. The molecule has 0 bridgehead atoms. The van der Waals surface area contributed by atoms with Crippen LogP contribution in [0.5, 0.6) is 0 Å². The number of hydrogen-bond donors (Lipinski definition) is 2. The molecule has 0 saturated carbocycles. The number of nitrogens with two attached hydrogens (primary N) is 1. The quantitative estimate of drug-likeness (QED) is 0.738. The van der Waals surface area contributed by atoms with E-state index in [1.54, 1.807) is 12.1 Å². The van der Waals surface area contributed by atoms with E-state index in [-0.39, 0.29) is 11.9 Å². The van der Waals surface area contributed by atoms with E-state index in [0.29, 0.717) is 12.1 Å². The highest BCUT2D eigenvalue weighted by Gasteiger charge is 2.26. The highest BCUT2D eigenvalue weighted by molar-refractivity contribution is 5.84. The Morgan fingerprint density at radius 2 is 2.18 bits per heavy atom. The molecule has 1 saturated heterocycles. The van der Waals surface area contributed by atoms with Crippen LogP contribution < -0.4 is 16.0 Å². The molecule has 0 aliphatic carbocycles. The van der Waals surface area contributed by atoms with Gasteiger partial charge in [-0.3, -0.25) is 4.79 Å². The molecule has 0 radical (unpaired) electrons. The van der Waals surface area contributed by atoms with Crippen LogP contribution in [0, 0.1) is 11.3 Å². The van der Waals surface area contributed by atoms with Crippen molar-refractivity contribution in [3.8, 4) is 6.07 Å². The van der Waals surface area contributed by atoms with Crippen LogP contribution in [0.25, 0.3) is 0 Å². The monoisotopic (exact) mass is 230 g/mol. The highest BCUT2D eigenvalue weighted by Crippen LogP contribution is 2.18. The lowest BCUT2D eigenvalue weighted by atomic mass is 10.1. The lowest BCUT2D eigenvalue weighted by Crippen LogP contribution is -2.57. The first-order valence-electron chi connectivity index (χ1n) is 5.49. The lowest BCUT2D eigenvalue weighted by Gasteiger charge is -2.36. The Balaban J connectivity index is 2.24. The minimum Gasteiger partial charge on any atom is -0.368 e. The fourth-order valence-electron chi connectivity index (χ4n) is 1.99. The Labute approximate surface area is 99.8 Å². The second kappa shape index (κ2) is 4.85. The molecule has 2 rings (SSSR count). The molecule has 1 aromatic carbocycles. The summed E-state index contributed by atoms with van der Waals surface area (Å²) >= 11 is 0. The van der Waals surface area contributed by atoms with Gasteiger partial charge in [0.05, 0.1) is 11.6 Å². The number of nitriles is 1. The summed E-state index contributed by atoms with van der Waals surface area (Å²) in [4.78, 5) is 13.3. The van der Waals surface area contributed by atoms with Crippen LogP contribution in [0.4, 0.5) is 5.69 Å². The third kappa shape index (κ3) is 2.37. The van der Waals surface area contributed by atoms with E-state index in [2.05, 4.69) is 11.4 Å². The van der Waals surface area contributed by atoms with E-state index >= 15 is 0 Å². The number of rotatable bonds is 2. The van der Waals surface area contributed by atoms with Crippen molar-refractivity contribution >= 4 is 11.6 Å². The predicted molar refractivity (Wildman–Crippen MR) is 64.4 cm³/mol. The van der Waals surface area contributed by atoms with Gasteiger partial charge < -0.3 is 16.0 Å². The van der Waals surface area contributed by atoms with Crippen molar-refractivity contribution < 1.29 is 4.79 Å². The normalized spacial score (nSPS) is 19.7. The molecule has 3 N–H and O–H groups in total. The first-order valence-corrected chi connectivity index (χ1v) is 5.49. The van der Waals surface area contributed by atoms with Crippen molar-refractivity contribution in [1.82, 2.24) is 5.32 Å². The molecule has 0 spiro atoms. The minimum atomic E-state index is -0.332. The Kier molecular flexibility index (Phi) is 3.26. The molecule has 1 aliphatic rings. The molecule has 1 amide bonds. The predicted octanol–water partition coefficient (Wildman–Crippen LogP) is -0.178. The highest BCUT2D eigenvalue weighted by atomic mass is 16.1. The third-order valence-corrected chi connectivity index (χ3v) is 2.90. The molecule has 17 heavy (non-hydrogen) atoms. The Morgan fingerprint density at radius 1 is 1.47 bits per heavy atom. The Hall–Kier alpha value is -2.06. The number of hydrogen-bond acceptors (Lipinski definition) is 4. The Bertz CT molecular complexity index is 449. The van der Waals surface area contributed by atoms with Gasteiger partial charge in [0.15, 0.2) is 0 Å². The molecule has 0 aromatic heterocycles. The zero-order valence-electron chi connectivity index (χ0n) is 9.39. The van der Waals surface area contributed by atoms with Gasteiger partial charge in [-0.15, -0.1) is 0 Å². The van der Waals surface area contributed by atoms with E-state index in [4.69, 9.17) is 11.0 Å². The number of amides is 1. The van der Waals surface area contributed by atoms with Crippen LogP contribution >= 0.6 is 0 Å². The largest absolute Gasteiger partial charge is 0.368 e. The maximum atomic E-state index is 11.3. The van der Waals surface area contributed by atoms with E-state index < -0.39 is 0 Å². The average molecular weight is 230 g/mol. The van der Waals surface area contributed by atoms with Gasteiger partial charge in [0.2, 0.25) is 5.91 Å². The number of nitrogens with zero attached hydrogens (tertiary/aromatic N) is 2. The number of anilines is 1. The van der Waals surface area contributed by atoms with Crippen molar-refractivity contribution in [2.24, 2.45) is 5.73 Å². The number of benzene rings is 1. The minimum absolute atomic E-state index is 0.323. The first-order chi connectivity index (χ1) is 8.22. The average Bonchev–Trinajstić information content (AvgIpc) is 2.39. The van der Waals surface area contributed by atoms with Crippen molar-refractivity contribution in [3.63, 3.8) is 0 Å². The molecule has 1 fully saturated rings. The second-order valence-corrected chi connectivity index (χ2v) is 3.97. The zero-order valence-corrected chi connectivity index (χ0v) is 9.39. The molecule has 5 nitrogen and oxygen atoms in total. The number of carbonyl (C=O) groups is 1. The molecule has 1 atom stereocenters. The van der Waals surface area contributed by atoms with Crippen molar-refractivity contribution in [2.45, 2.75) is 6.04 Å². The second-order valence-electron chi connectivity index (χ2n) is 3.97. The smallest absolute Gasteiger partial charge is 0.241 e. The first kappa shape index (κ1) is 11.4. The fourth-order valence-corrected chi connectivity index (χ4v) is 1.99. The van der Waals surface area contributed by atoms with Gasteiger partial charge in [-0.05, 0) is 24.3 Å². The molecular weight excluding hydrogens is 216 g/mol. The van der Waals surface area contributed by atoms with Crippen LogP contribution in [-0.2, 0) is 4.79 Å². The van der Waals surface area contributed by atoms with Crippen LogP contribution in [-0.4, -0.2) is 31.6 Å². The lowest BCUT2D eigenvalue weighted by molar-refractivity contribution is -0.119. The van der Waals surface area contributed by atoms with Gasteiger partial charge in [-0.25, -0.2) is 0 Å². The number of primary amides is 1. The van der Waals surface area contributed by atoms with Crippen LogP contribution in [0.15, 0.2) is 24.3 Å². The van der Waals surface area contributed by atoms with Crippen molar-refractivity contribution in [2.75, 3.05) is 24.5 Å². The van der Waals surface area contributed by atoms with E-state index in [1.165, 1.54) is 0 Å². The molecule has 5 heteroatoms. The molecular formula is C12H14N4O. The van der Waals surface area contributed by atoms with Crippen LogP contribution in [0.2, 0.25) is 0 Å². The molecule has 1 heterocycles. The molecule has 1 unspecified atom stereocenters. The van der Waals surface area contributed by atoms with E-state index in [9.17, 15) is 4.79 Å². The zero-order chi connectivity index (χ0) is 12.3. The summed E-state index contributed by atoms with van der Waals surface area (Å²) in [6.07, 6.45) is 0. The maximum absolute atomic E-state index is 11.3. The standard InChI is InChI=1S/C12H14N4O/c13-7-9-1-3-10(4-2-9)16-6-5-15-8-11(16)12(14)17/h1-4,11,15H,5-6,8H2,(H2,14,17). The summed E-state index contributed by atoms with van der Waals surface area (Å²) in [5.41, 5.74) is 6.91. The molecule has 88 valence electrons. The van der Waals surface area contributed by atoms with Crippen molar-refractivity contribution in [1.29, 1.82) is 5.26 Å². The van der Waals surface area contributed by atoms with E-state index in [0.717, 1.165) is 18.8 Å². The SMILES string of the molecule is N#Cc1ccc(N2CCNCC2C(N)=O)cc1. The number of piperazine rings is 1. The van der Waals surface area contributed by atoms with Crippen molar-refractivity contribution in [3.05, 3.63) is 29.8 Å². The van der Waals surface area contributed by atoms with Gasteiger partial charge in [0.1, 0.15) is 6.04 Å². The maximum Gasteiger partial charge on any atom is 0.241 e. The summed E-state index contributed by atoms with van der Waals surface area (Å²) in [6.45, 7) is 2.12. The summed E-state index contributed by atoms with van der Waals surface area (Å²) in [5.74, 6) is -0.332. The third-order valence-electron chi connectivity index (χ3n) is 2.90. The summed E-state index contributed by atoms with van der Waals surface area (Å²) in [6, 6.07) is 8.93. The van der Waals surface area contributed by atoms with Crippen LogP contribution in [0.1, 0.15) is 5.56 Å². The van der Waals surface area contributed by atoms with Gasteiger partial charge in [0, 0.05) is 25.3 Å². The summed E-state index contributed by atoms with van der Waals surface area (Å²) in [7, 11) is 0. The molecule has 1 aromatic rings. The summed E-state index contributed by atoms with van der Waals surface area (Å²) in [5, 5.41) is 11.9. The number of nitrogens with one attached hydrogen (secondary N) is 1. The summed E-state index contributed by atoms with van der Waals surface area (Å²) < 4.78 is 0. The molecule has 1 aliphatic heterocycles. The van der Waals surface area contributed by atoms with Crippen LogP contribution in [0.3, 0.4) is 0 Å². The van der Waals surface area contributed by atoms with Gasteiger partial charge in [-0.2, -0.15) is 5.26 Å². The van der Waals surface area contributed by atoms with Gasteiger partial charge >= 0.3 is 0 Å². The number of carbonyl (C=O) groups excluding carboxylic acids is 1. The fraction of sp³-hybridized carbons (Fsp3) is 0.333. The van der Waals surface area contributed by atoms with Gasteiger partial charge in [-0.1, -0.05) is 0 Å².